The van der Waals surface area contributed by atoms with E-state index in [1.807, 2.05) is 42.5 Å². The first-order chi connectivity index (χ1) is 20.0. The molecule has 0 saturated carbocycles. The number of thiazole rings is 1. The normalized spacial score (nSPS) is 12.8. The van der Waals surface area contributed by atoms with Crippen LogP contribution in [0.3, 0.4) is 0 Å². The Morgan fingerprint density at radius 2 is 1.40 bits per heavy atom. The summed E-state index contributed by atoms with van der Waals surface area (Å²) < 4.78 is 7.47. The zero-order valence-corrected chi connectivity index (χ0v) is 28.1. The Kier molecular flexibility index (Phi) is 10.4. The molecule has 0 saturated heterocycles. The molecule has 0 atom stereocenters. The van der Waals surface area contributed by atoms with E-state index in [1.165, 1.54) is 22.6 Å². The molecule has 3 aromatic carbocycles. The maximum Gasteiger partial charge on any atom is 0.231 e. The van der Waals surface area contributed by atoms with Crippen LogP contribution in [0, 0.1) is 5.92 Å². The van der Waals surface area contributed by atoms with Crippen LogP contribution in [0.4, 0.5) is 27.9 Å². The van der Waals surface area contributed by atoms with Gasteiger partial charge < -0.3 is 9.33 Å². The first-order valence-corrected chi connectivity index (χ1v) is 18.6. The van der Waals surface area contributed by atoms with Crippen molar-refractivity contribution in [2.75, 3.05) is 24.6 Å². The van der Waals surface area contributed by atoms with Crippen molar-refractivity contribution < 1.29 is 4.43 Å². The maximum absolute atomic E-state index is 6.47. The molecule has 0 aliphatic carbocycles. The second kappa shape index (κ2) is 13.8. The van der Waals surface area contributed by atoms with Gasteiger partial charge in [0.1, 0.15) is 0 Å². The number of fused-ring (bicyclic) bond motifs is 1. The molecule has 0 bridgehead atoms. The molecular weight excluding hydrogens is 557 g/mol. The number of rotatable bonds is 13. The summed E-state index contributed by atoms with van der Waals surface area (Å²) in [7, 11) is -1.81. The number of anilines is 1. The van der Waals surface area contributed by atoms with Gasteiger partial charge in [-0.2, -0.15) is 10.2 Å². The average Bonchev–Trinajstić information content (AvgIpc) is 3.39. The van der Waals surface area contributed by atoms with Gasteiger partial charge in [0.05, 0.1) is 27.3 Å². The number of hydrogen-bond donors (Lipinski definition) is 0. The number of hydrogen-bond acceptors (Lipinski definition) is 8. The summed E-state index contributed by atoms with van der Waals surface area (Å²) in [5.74, 6) is 0.597. The van der Waals surface area contributed by atoms with E-state index in [2.05, 4.69) is 109 Å². The predicted molar refractivity (Wildman–Crippen MR) is 180 cm³/mol. The van der Waals surface area contributed by atoms with Crippen molar-refractivity contribution in [2.24, 2.45) is 26.4 Å². The van der Waals surface area contributed by atoms with Gasteiger partial charge in [0, 0.05) is 25.4 Å². The van der Waals surface area contributed by atoms with E-state index in [0.717, 1.165) is 53.4 Å². The van der Waals surface area contributed by atoms with E-state index in [1.54, 1.807) is 0 Å². The fourth-order valence-electron chi connectivity index (χ4n) is 4.58. The molecule has 0 radical (unpaired) electrons. The Balaban J connectivity index is 1.34. The summed E-state index contributed by atoms with van der Waals surface area (Å²) in [5, 5.41) is 18.5. The fraction of sp³-hybridized carbons (Fsp3) is 0.424. The lowest BCUT2D eigenvalue weighted by molar-refractivity contribution is 0.270. The summed E-state index contributed by atoms with van der Waals surface area (Å²) in [6.45, 7) is 20.9. The first kappa shape index (κ1) is 31.7. The van der Waals surface area contributed by atoms with Gasteiger partial charge >= 0.3 is 0 Å². The molecule has 1 aromatic heterocycles. The predicted octanol–water partition coefficient (Wildman–Crippen LogP) is 11.2. The average molecular weight is 601 g/mol. The Labute approximate surface area is 255 Å². The third kappa shape index (κ3) is 7.76. The van der Waals surface area contributed by atoms with Crippen LogP contribution in [0.5, 0.6) is 0 Å². The van der Waals surface area contributed by atoms with Crippen LogP contribution in [-0.2, 0) is 10.8 Å². The van der Waals surface area contributed by atoms with E-state index < -0.39 is 8.32 Å². The van der Waals surface area contributed by atoms with Crippen molar-refractivity contribution in [2.45, 2.75) is 66.1 Å². The lowest BCUT2D eigenvalue weighted by Gasteiger charge is -2.42. The Morgan fingerprint density at radius 3 is 2.02 bits per heavy atom. The summed E-state index contributed by atoms with van der Waals surface area (Å²) in [6, 6.07) is 22.2. The summed E-state index contributed by atoms with van der Waals surface area (Å²) >= 11 is 1.49. The smallest absolute Gasteiger partial charge is 0.231 e. The molecule has 0 fully saturated rings. The molecule has 0 amide bonds. The van der Waals surface area contributed by atoms with Gasteiger partial charge in [-0.1, -0.05) is 51.2 Å². The largest absolute Gasteiger partial charge is 0.416 e. The lowest BCUT2D eigenvalue weighted by atomic mass is 9.99. The monoisotopic (exact) mass is 600 g/mol. The van der Waals surface area contributed by atoms with E-state index in [0.29, 0.717) is 11.0 Å². The Morgan fingerprint density at radius 1 is 0.833 bits per heavy atom. The molecule has 42 heavy (non-hydrogen) atoms. The Hall–Kier alpha value is -3.27. The van der Waals surface area contributed by atoms with Crippen molar-refractivity contribution in [3.63, 3.8) is 0 Å². The van der Waals surface area contributed by atoms with E-state index >= 15 is 0 Å². The molecule has 1 heterocycles. The van der Waals surface area contributed by atoms with Gasteiger partial charge in [0.2, 0.25) is 5.13 Å². The molecule has 4 rings (SSSR count). The van der Waals surface area contributed by atoms with Crippen molar-refractivity contribution >= 4 is 57.8 Å². The highest BCUT2D eigenvalue weighted by molar-refractivity contribution is 7.21. The minimum absolute atomic E-state index is 0.225. The van der Waals surface area contributed by atoms with Gasteiger partial charge in [0.15, 0.2) is 8.32 Å². The first-order valence-electron chi connectivity index (χ1n) is 14.8. The molecule has 7 nitrogen and oxygen atoms in total. The minimum Gasteiger partial charge on any atom is -0.416 e. The summed E-state index contributed by atoms with van der Waals surface area (Å²) in [5.41, 5.74) is 5.71. The third-order valence-corrected chi connectivity index (χ3v) is 14.2. The summed E-state index contributed by atoms with van der Waals surface area (Å²) in [6.07, 6.45) is 0.894. The van der Waals surface area contributed by atoms with Gasteiger partial charge in [-0.3, -0.25) is 0 Å². The molecule has 0 N–H and O–H groups in total. The standard InChI is InChI=1S/C33H44N6OSSi/c1-9-39(10-2)29-18-15-27(16-19-29)36-38-32-34-30-20-17-28(23-31(30)41-32)37-35-26-13-11-25(12-14-26)21-22-40-42(7,8)33(5,6)24(3)4/h11-20,23-24H,9-10,21-22H2,1-8H3. The highest BCUT2D eigenvalue weighted by atomic mass is 32.1. The van der Waals surface area contributed by atoms with Gasteiger partial charge in [0.25, 0.3) is 0 Å². The number of nitrogens with zero attached hydrogens (tertiary/aromatic N) is 6. The van der Waals surface area contributed by atoms with Crippen LogP contribution in [-0.4, -0.2) is 33.0 Å². The van der Waals surface area contributed by atoms with Crippen molar-refractivity contribution in [3.8, 4) is 0 Å². The van der Waals surface area contributed by atoms with E-state index in [4.69, 9.17) is 4.43 Å². The van der Waals surface area contributed by atoms with Crippen LogP contribution >= 0.6 is 11.3 Å². The van der Waals surface area contributed by atoms with Gasteiger partial charge in [-0.05, 0) is 104 Å². The number of aromatic nitrogens is 1. The molecule has 9 heteroatoms. The van der Waals surface area contributed by atoms with E-state index in [9.17, 15) is 0 Å². The summed E-state index contributed by atoms with van der Waals surface area (Å²) in [4.78, 5) is 6.90. The van der Waals surface area contributed by atoms with Gasteiger partial charge in [-0.25, -0.2) is 4.98 Å². The van der Waals surface area contributed by atoms with E-state index in [-0.39, 0.29) is 5.04 Å². The molecular formula is C33H44N6OSSi. The highest BCUT2D eigenvalue weighted by Gasteiger charge is 2.43. The van der Waals surface area contributed by atoms with Crippen molar-refractivity contribution in [3.05, 3.63) is 72.3 Å². The molecule has 0 unspecified atom stereocenters. The van der Waals surface area contributed by atoms with Crippen LogP contribution in [0.1, 0.15) is 47.1 Å². The zero-order valence-electron chi connectivity index (χ0n) is 26.3. The van der Waals surface area contributed by atoms with Crippen LogP contribution in [0.25, 0.3) is 10.2 Å². The molecule has 4 aromatic rings. The topological polar surface area (TPSA) is 74.8 Å². The maximum atomic E-state index is 6.47. The fourth-order valence-corrected chi connectivity index (χ4v) is 7.77. The zero-order chi connectivity index (χ0) is 30.3. The van der Waals surface area contributed by atoms with Crippen LogP contribution in [0.15, 0.2) is 87.2 Å². The Bertz CT molecular complexity index is 1510. The van der Waals surface area contributed by atoms with Gasteiger partial charge in [-0.15, -0.1) is 10.2 Å². The quantitative estimate of drug-likeness (QED) is 0.113. The van der Waals surface area contributed by atoms with Crippen LogP contribution < -0.4 is 4.90 Å². The van der Waals surface area contributed by atoms with Crippen LogP contribution in [0.2, 0.25) is 18.1 Å². The third-order valence-electron chi connectivity index (χ3n) is 8.66. The molecule has 0 spiro atoms. The highest BCUT2D eigenvalue weighted by Crippen LogP contribution is 2.44. The number of benzene rings is 3. The lowest BCUT2D eigenvalue weighted by Crippen LogP contribution is -2.45. The second-order valence-electron chi connectivity index (χ2n) is 11.9. The van der Waals surface area contributed by atoms with Crippen molar-refractivity contribution in [1.29, 1.82) is 0 Å². The molecule has 0 aliphatic heterocycles. The molecule has 222 valence electrons. The second-order valence-corrected chi connectivity index (χ2v) is 17.5. The SMILES string of the molecule is CCN(CC)c1ccc(N=Nc2nc3ccc(N=Nc4ccc(CCO[Si](C)(C)C(C)(C)C(C)C)cc4)cc3s2)cc1. The molecule has 0 aliphatic rings. The number of azo groups is 2. The minimum atomic E-state index is -1.81. The van der Waals surface area contributed by atoms with Crippen molar-refractivity contribution in [1.82, 2.24) is 4.98 Å².